The van der Waals surface area contributed by atoms with E-state index in [1.165, 1.54) is 43.2 Å². The van der Waals surface area contributed by atoms with Crippen LogP contribution in [0.1, 0.15) is 75.5 Å². The molecule has 1 N–H and O–H groups in total. The molecule has 1 aromatic rings. The maximum absolute atomic E-state index is 10.7. The van der Waals surface area contributed by atoms with Gasteiger partial charge in [0.25, 0.3) is 0 Å². The molecule has 19 heavy (non-hydrogen) atoms. The van der Waals surface area contributed by atoms with Crippen LogP contribution in [0.5, 0.6) is 0 Å². The fraction of sp³-hybridized carbons (Fsp3) is 0.667. The van der Waals surface area contributed by atoms with Crippen LogP contribution in [-0.4, -0.2) is 5.11 Å². The normalized spacial score (nSPS) is 14.4. The van der Waals surface area contributed by atoms with Gasteiger partial charge in [0.2, 0.25) is 0 Å². The minimum atomic E-state index is -0.680. The molecule has 0 spiro atoms. The second-order valence-corrected chi connectivity index (χ2v) is 6.11. The van der Waals surface area contributed by atoms with Crippen molar-refractivity contribution in [2.45, 2.75) is 78.2 Å². The van der Waals surface area contributed by atoms with Crippen molar-refractivity contribution in [3.63, 3.8) is 0 Å². The first-order chi connectivity index (χ1) is 8.97. The third kappa shape index (κ3) is 5.36. The highest BCUT2D eigenvalue weighted by Gasteiger charge is 2.24. The largest absolute Gasteiger partial charge is 0.385 e. The Kier molecular flexibility index (Phi) is 6.57. The summed E-state index contributed by atoms with van der Waals surface area (Å²) in [6.07, 6.45) is 8.49. The van der Waals surface area contributed by atoms with Gasteiger partial charge in [0.1, 0.15) is 0 Å². The molecule has 0 saturated heterocycles. The molecule has 0 aliphatic carbocycles. The first kappa shape index (κ1) is 16.2. The minimum Gasteiger partial charge on any atom is -0.385 e. The predicted molar refractivity (Wildman–Crippen MR) is 83.5 cm³/mol. The topological polar surface area (TPSA) is 20.2 Å². The van der Waals surface area contributed by atoms with Crippen molar-refractivity contribution in [1.29, 1.82) is 0 Å². The van der Waals surface area contributed by atoms with Gasteiger partial charge in [-0.25, -0.2) is 0 Å². The summed E-state index contributed by atoms with van der Waals surface area (Å²) in [5, 5.41) is 10.7. The fourth-order valence-corrected chi connectivity index (χ4v) is 2.70. The van der Waals surface area contributed by atoms with E-state index >= 15 is 0 Å². The van der Waals surface area contributed by atoms with Gasteiger partial charge in [-0.05, 0) is 38.3 Å². The number of unbranched alkanes of at least 4 members (excludes halogenated alkanes) is 5. The van der Waals surface area contributed by atoms with Crippen molar-refractivity contribution >= 4 is 0 Å². The van der Waals surface area contributed by atoms with Gasteiger partial charge in [0.05, 0.1) is 5.60 Å². The molecular formula is C18H30O. The van der Waals surface area contributed by atoms with Crippen LogP contribution in [0.3, 0.4) is 0 Å². The number of benzene rings is 1. The van der Waals surface area contributed by atoms with Crippen LogP contribution in [-0.2, 0) is 5.60 Å². The van der Waals surface area contributed by atoms with E-state index in [1.54, 1.807) is 0 Å². The van der Waals surface area contributed by atoms with Crippen LogP contribution in [0, 0.1) is 13.8 Å². The van der Waals surface area contributed by atoms with Crippen LogP contribution < -0.4 is 0 Å². The average Bonchev–Trinajstić information content (AvgIpc) is 2.36. The molecule has 1 nitrogen and oxygen atoms in total. The Bertz CT molecular complexity index is 379. The molecule has 0 amide bonds. The third-order valence-electron chi connectivity index (χ3n) is 3.99. The lowest BCUT2D eigenvalue weighted by atomic mass is 9.86. The zero-order valence-corrected chi connectivity index (χ0v) is 13.1. The Hall–Kier alpha value is -0.820. The lowest BCUT2D eigenvalue weighted by molar-refractivity contribution is 0.0441. The molecular weight excluding hydrogens is 232 g/mol. The van der Waals surface area contributed by atoms with Gasteiger partial charge in [-0.3, -0.25) is 0 Å². The Balaban J connectivity index is 2.48. The lowest BCUT2D eigenvalue weighted by Crippen LogP contribution is -2.22. The first-order valence-corrected chi connectivity index (χ1v) is 7.77. The molecule has 0 heterocycles. The summed E-state index contributed by atoms with van der Waals surface area (Å²) in [7, 11) is 0. The molecule has 1 heteroatoms. The molecule has 0 fully saturated rings. The summed E-state index contributed by atoms with van der Waals surface area (Å²) in [5.74, 6) is 0. The van der Waals surface area contributed by atoms with Crippen LogP contribution in [0.25, 0.3) is 0 Å². The van der Waals surface area contributed by atoms with E-state index in [4.69, 9.17) is 0 Å². The van der Waals surface area contributed by atoms with Crippen LogP contribution >= 0.6 is 0 Å². The number of hydrogen-bond acceptors (Lipinski definition) is 1. The van der Waals surface area contributed by atoms with Crippen molar-refractivity contribution in [1.82, 2.24) is 0 Å². The van der Waals surface area contributed by atoms with Gasteiger partial charge >= 0.3 is 0 Å². The summed E-state index contributed by atoms with van der Waals surface area (Å²) in [6, 6.07) is 6.35. The maximum Gasteiger partial charge on any atom is 0.0871 e. The SMILES string of the molecule is CCCCCCCCC(C)(O)c1cc(C)ccc1C. The number of aryl methyl sites for hydroxylation is 2. The smallest absolute Gasteiger partial charge is 0.0871 e. The second-order valence-electron chi connectivity index (χ2n) is 6.11. The molecule has 0 aliphatic rings. The minimum absolute atomic E-state index is 0.680. The van der Waals surface area contributed by atoms with Crippen molar-refractivity contribution < 1.29 is 5.11 Å². The molecule has 0 radical (unpaired) electrons. The highest BCUT2D eigenvalue weighted by molar-refractivity contribution is 5.34. The monoisotopic (exact) mass is 262 g/mol. The molecule has 1 rings (SSSR count). The van der Waals surface area contributed by atoms with E-state index < -0.39 is 5.60 Å². The number of aliphatic hydroxyl groups is 1. The van der Waals surface area contributed by atoms with Gasteiger partial charge in [0, 0.05) is 0 Å². The molecule has 1 aromatic carbocycles. The summed E-state index contributed by atoms with van der Waals surface area (Å²) in [6.45, 7) is 8.38. The van der Waals surface area contributed by atoms with Crippen molar-refractivity contribution in [2.24, 2.45) is 0 Å². The van der Waals surface area contributed by atoms with E-state index in [2.05, 4.69) is 39.0 Å². The van der Waals surface area contributed by atoms with Crippen LogP contribution in [0.4, 0.5) is 0 Å². The third-order valence-corrected chi connectivity index (χ3v) is 3.99. The van der Waals surface area contributed by atoms with Gasteiger partial charge in [-0.15, -0.1) is 0 Å². The standard InChI is InChI=1S/C18H30O/c1-5-6-7-8-9-10-13-18(4,19)17-14-15(2)11-12-16(17)3/h11-12,14,19H,5-10,13H2,1-4H3. The Morgan fingerprint density at radius 3 is 2.32 bits per heavy atom. The molecule has 1 atom stereocenters. The zero-order valence-electron chi connectivity index (χ0n) is 13.1. The van der Waals surface area contributed by atoms with E-state index in [0.29, 0.717) is 0 Å². The highest BCUT2D eigenvalue weighted by atomic mass is 16.3. The van der Waals surface area contributed by atoms with Crippen LogP contribution in [0.15, 0.2) is 18.2 Å². The van der Waals surface area contributed by atoms with E-state index in [1.807, 2.05) is 6.92 Å². The van der Waals surface area contributed by atoms with Crippen molar-refractivity contribution in [2.75, 3.05) is 0 Å². The van der Waals surface area contributed by atoms with E-state index in [9.17, 15) is 5.11 Å². The number of rotatable bonds is 8. The van der Waals surface area contributed by atoms with Gasteiger partial charge in [-0.2, -0.15) is 0 Å². The van der Waals surface area contributed by atoms with Gasteiger partial charge in [0.15, 0.2) is 0 Å². The Morgan fingerprint density at radius 1 is 1.00 bits per heavy atom. The first-order valence-electron chi connectivity index (χ1n) is 7.77. The average molecular weight is 262 g/mol. The summed E-state index contributed by atoms with van der Waals surface area (Å²) < 4.78 is 0. The second kappa shape index (κ2) is 7.69. The van der Waals surface area contributed by atoms with Crippen LogP contribution in [0.2, 0.25) is 0 Å². The Morgan fingerprint density at radius 2 is 1.63 bits per heavy atom. The molecule has 108 valence electrons. The molecule has 0 aliphatic heterocycles. The number of hydrogen-bond donors (Lipinski definition) is 1. The summed E-state index contributed by atoms with van der Waals surface area (Å²) in [5.41, 5.74) is 2.84. The lowest BCUT2D eigenvalue weighted by Gasteiger charge is -2.26. The maximum atomic E-state index is 10.7. The quantitative estimate of drug-likeness (QED) is 0.633. The molecule has 0 saturated carbocycles. The van der Waals surface area contributed by atoms with Crippen molar-refractivity contribution in [3.8, 4) is 0 Å². The molecule has 1 unspecified atom stereocenters. The zero-order chi connectivity index (χ0) is 14.3. The van der Waals surface area contributed by atoms with E-state index in [0.717, 1.165) is 18.4 Å². The highest BCUT2D eigenvalue weighted by Crippen LogP contribution is 2.30. The van der Waals surface area contributed by atoms with Gasteiger partial charge in [-0.1, -0.05) is 69.2 Å². The van der Waals surface area contributed by atoms with Gasteiger partial charge < -0.3 is 5.11 Å². The van der Waals surface area contributed by atoms with Crippen molar-refractivity contribution in [3.05, 3.63) is 34.9 Å². The predicted octanol–water partition coefficient (Wildman–Crippen LogP) is 5.26. The van der Waals surface area contributed by atoms with E-state index in [-0.39, 0.29) is 0 Å². The Labute approximate surface area is 119 Å². The molecule has 0 aromatic heterocycles. The summed E-state index contributed by atoms with van der Waals surface area (Å²) in [4.78, 5) is 0. The fourth-order valence-electron chi connectivity index (χ4n) is 2.70. The molecule has 0 bridgehead atoms. The summed E-state index contributed by atoms with van der Waals surface area (Å²) >= 11 is 0.